The van der Waals surface area contributed by atoms with Gasteiger partial charge in [0.1, 0.15) is 18.0 Å². The summed E-state index contributed by atoms with van der Waals surface area (Å²) in [5.41, 5.74) is 4.91. The zero-order valence-corrected chi connectivity index (χ0v) is 20.4. The van der Waals surface area contributed by atoms with Crippen molar-refractivity contribution in [3.63, 3.8) is 0 Å². The SMILES string of the molecule is COc1cc(Nc2nc(-c3cnc4c(c3)NCCO4)cn3ccnc23)ccc1N1CCOC2(COC2)C1. The number of benzene rings is 1. The van der Waals surface area contributed by atoms with Gasteiger partial charge in [0, 0.05) is 55.2 Å². The molecule has 4 aromatic rings. The van der Waals surface area contributed by atoms with Crippen LogP contribution in [0.4, 0.5) is 22.9 Å². The Hall–Kier alpha value is -4.09. The molecule has 2 fully saturated rings. The monoisotopic (exact) mass is 501 g/mol. The van der Waals surface area contributed by atoms with Gasteiger partial charge in [-0.2, -0.15) is 0 Å². The van der Waals surface area contributed by atoms with Gasteiger partial charge in [0.05, 0.1) is 50.5 Å². The van der Waals surface area contributed by atoms with Crippen LogP contribution in [0.15, 0.2) is 49.1 Å². The van der Waals surface area contributed by atoms with Crippen LogP contribution < -0.4 is 25.0 Å². The molecule has 11 heteroatoms. The van der Waals surface area contributed by atoms with Gasteiger partial charge >= 0.3 is 0 Å². The molecule has 6 heterocycles. The molecule has 2 N–H and O–H groups in total. The number of pyridine rings is 1. The molecule has 2 saturated heterocycles. The number of ether oxygens (including phenoxy) is 4. The predicted octanol–water partition coefficient (Wildman–Crippen LogP) is 2.95. The second-order valence-corrected chi connectivity index (χ2v) is 9.44. The third kappa shape index (κ3) is 3.96. The summed E-state index contributed by atoms with van der Waals surface area (Å²) in [7, 11) is 1.69. The van der Waals surface area contributed by atoms with Crippen molar-refractivity contribution in [2.24, 2.45) is 0 Å². The molecule has 11 nitrogen and oxygen atoms in total. The first-order valence-corrected chi connectivity index (χ1v) is 12.3. The van der Waals surface area contributed by atoms with Gasteiger partial charge in [0.15, 0.2) is 11.5 Å². The molecule has 0 bridgehead atoms. The molecular formula is C26H27N7O4. The fourth-order valence-electron chi connectivity index (χ4n) is 5.03. The number of imidazole rings is 1. The number of nitrogens with one attached hydrogen (secondary N) is 2. The summed E-state index contributed by atoms with van der Waals surface area (Å²) in [6, 6.07) is 8.11. The summed E-state index contributed by atoms with van der Waals surface area (Å²) in [5, 5.41) is 6.78. The zero-order chi connectivity index (χ0) is 24.8. The Kier molecular flexibility index (Phi) is 5.26. The molecule has 7 rings (SSSR count). The normalized spacial score (nSPS) is 18.0. The average molecular weight is 502 g/mol. The highest BCUT2D eigenvalue weighted by molar-refractivity contribution is 5.77. The predicted molar refractivity (Wildman–Crippen MR) is 138 cm³/mol. The van der Waals surface area contributed by atoms with E-state index in [4.69, 9.17) is 23.9 Å². The van der Waals surface area contributed by atoms with Crippen LogP contribution in [0.25, 0.3) is 16.9 Å². The second kappa shape index (κ2) is 8.79. The number of methoxy groups -OCH3 is 1. The van der Waals surface area contributed by atoms with Gasteiger partial charge in [-0.1, -0.05) is 0 Å². The Bertz CT molecular complexity index is 1470. The van der Waals surface area contributed by atoms with E-state index in [2.05, 4.69) is 31.6 Å². The van der Waals surface area contributed by atoms with Crippen LogP contribution in [-0.4, -0.2) is 78.1 Å². The number of rotatable bonds is 5. The molecule has 0 unspecified atom stereocenters. The van der Waals surface area contributed by atoms with Gasteiger partial charge in [-0.25, -0.2) is 15.0 Å². The van der Waals surface area contributed by atoms with E-state index in [0.717, 1.165) is 59.4 Å². The number of morpholine rings is 1. The number of nitrogens with zero attached hydrogens (tertiary/aromatic N) is 5. The first-order chi connectivity index (χ1) is 18.2. The Morgan fingerprint density at radius 2 is 2.11 bits per heavy atom. The van der Waals surface area contributed by atoms with Crippen LogP contribution in [0, 0.1) is 0 Å². The van der Waals surface area contributed by atoms with Crippen molar-refractivity contribution in [2.75, 3.05) is 68.7 Å². The van der Waals surface area contributed by atoms with Gasteiger partial charge in [0.25, 0.3) is 0 Å². The number of hydrogen-bond acceptors (Lipinski definition) is 10. The maximum Gasteiger partial charge on any atom is 0.237 e. The van der Waals surface area contributed by atoms with Crippen molar-refractivity contribution in [1.29, 1.82) is 0 Å². The summed E-state index contributed by atoms with van der Waals surface area (Å²) in [4.78, 5) is 16.2. The topological polar surface area (TPSA) is 107 Å². The lowest BCUT2D eigenvalue weighted by molar-refractivity contribution is -0.211. The smallest absolute Gasteiger partial charge is 0.237 e. The van der Waals surface area contributed by atoms with Gasteiger partial charge < -0.3 is 38.9 Å². The van der Waals surface area contributed by atoms with E-state index >= 15 is 0 Å². The molecule has 0 atom stereocenters. The molecule has 3 aliphatic rings. The summed E-state index contributed by atoms with van der Waals surface area (Å²) in [6.07, 6.45) is 7.39. The zero-order valence-electron chi connectivity index (χ0n) is 20.4. The van der Waals surface area contributed by atoms with Crippen molar-refractivity contribution in [3.05, 3.63) is 49.1 Å². The average Bonchev–Trinajstić information content (AvgIpc) is 3.41. The minimum Gasteiger partial charge on any atom is -0.495 e. The highest BCUT2D eigenvalue weighted by Crippen LogP contribution is 2.37. The van der Waals surface area contributed by atoms with Gasteiger partial charge in [-0.15, -0.1) is 0 Å². The first kappa shape index (κ1) is 22.1. The summed E-state index contributed by atoms with van der Waals surface area (Å²) >= 11 is 0. The third-order valence-electron chi connectivity index (χ3n) is 6.94. The third-order valence-corrected chi connectivity index (χ3v) is 6.94. The summed E-state index contributed by atoms with van der Waals surface area (Å²) in [6.45, 7) is 4.88. The highest BCUT2D eigenvalue weighted by atomic mass is 16.6. The lowest BCUT2D eigenvalue weighted by atomic mass is 9.99. The number of aromatic nitrogens is 4. The maximum atomic E-state index is 5.99. The summed E-state index contributed by atoms with van der Waals surface area (Å²) < 4.78 is 24.8. The van der Waals surface area contributed by atoms with E-state index in [1.807, 2.05) is 35.0 Å². The largest absolute Gasteiger partial charge is 0.495 e. The molecule has 1 aromatic carbocycles. The lowest BCUT2D eigenvalue weighted by Gasteiger charge is -2.48. The van der Waals surface area contributed by atoms with Crippen LogP contribution in [0.1, 0.15) is 0 Å². The van der Waals surface area contributed by atoms with Crippen molar-refractivity contribution < 1.29 is 18.9 Å². The molecular weight excluding hydrogens is 474 g/mol. The Labute approximate surface area is 213 Å². The first-order valence-electron chi connectivity index (χ1n) is 12.3. The fraction of sp³-hybridized carbons (Fsp3) is 0.346. The fourth-order valence-corrected chi connectivity index (χ4v) is 5.03. The van der Waals surface area contributed by atoms with E-state index < -0.39 is 0 Å². The van der Waals surface area contributed by atoms with Crippen molar-refractivity contribution in [3.8, 4) is 22.9 Å². The molecule has 0 amide bonds. The molecule has 37 heavy (non-hydrogen) atoms. The minimum absolute atomic E-state index is 0.204. The van der Waals surface area contributed by atoms with Crippen LogP contribution in [0.2, 0.25) is 0 Å². The molecule has 3 aliphatic heterocycles. The van der Waals surface area contributed by atoms with Crippen molar-refractivity contribution in [1.82, 2.24) is 19.4 Å². The number of anilines is 4. The number of hydrogen-bond donors (Lipinski definition) is 2. The molecule has 190 valence electrons. The molecule has 0 aliphatic carbocycles. The standard InChI is InChI=1S/C26H27N7O4/c1-34-22-11-18(2-3-21(22)33-7-9-37-26(14-33)15-35-16-26)30-23-24-28-4-6-32(24)13-20(31-23)17-10-19-25(29-12-17)36-8-5-27-19/h2-4,6,10-13,27H,5,7-9,14-16H2,1H3,(H,30,31). The molecule has 0 saturated carbocycles. The number of fused-ring (bicyclic) bond motifs is 2. The van der Waals surface area contributed by atoms with Crippen molar-refractivity contribution in [2.45, 2.75) is 5.60 Å². The van der Waals surface area contributed by atoms with E-state index in [-0.39, 0.29) is 5.60 Å². The van der Waals surface area contributed by atoms with Crippen molar-refractivity contribution >= 4 is 28.5 Å². The Morgan fingerprint density at radius 1 is 1.16 bits per heavy atom. The van der Waals surface area contributed by atoms with Crippen LogP contribution in [-0.2, 0) is 9.47 Å². The van der Waals surface area contributed by atoms with Crippen LogP contribution >= 0.6 is 0 Å². The maximum absolute atomic E-state index is 5.99. The van der Waals surface area contributed by atoms with Gasteiger partial charge in [-0.05, 0) is 18.2 Å². The van der Waals surface area contributed by atoms with Crippen LogP contribution in [0.3, 0.4) is 0 Å². The minimum atomic E-state index is -0.204. The van der Waals surface area contributed by atoms with Crippen LogP contribution in [0.5, 0.6) is 11.6 Å². The van der Waals surface area contributed by atoms with Gasteiger partial charge in [0.2, 0.25) is 5.88 Å². The molecule has 0 radical (unpaired) electrons. The lowest BCUT2D eigenvalue weighted by Crippen LogP contribution is -2.63. The second-order valence-electron chi connectivity index (χ2n) is 9.44. The van der Waals surface area contributed by atoms with E-state index in [9.17, 15) is 0 Å². The van der Waals surface area contributed by atoms with E-state index in [1.165, 1.54) is 0 Å². The Balaban J connectivity index is 1.20. The summed E-state index contributed by atoms with van der Waals surface area (Å²) in [5.74, 6) is 2.03. The quantitative estimate of drug-likeness (QED) is 0.424. The van der Waals surface area contributed by atoms with E-state index in [0.29, 0.717) is 38.1 Å². The Morgan fingerprint density at radius 3 is 2.97 bits per heavy atom. The molecule has 1 spiro atoms. The molecule has 3 aromatic heterocycles. The van der Waals surface area contributed by atoms with E-state index in [1.54, 1.807) is 19.5 Å². The van der Waals surface area contributed by atoms with Gasteiger partial charge in [-0.3, -0.25) is 0 Å². The highest BCUT2D eigenvalue weighted by Gasteiger charge is 2.44.